The molecule has 1 aromatic heterocycles. The Balaban J connectivity index is 0.00000364. The molecule has 0 fully saturated rings. The minimum atomic E-state index is -0.704. The molecule has 0 aliphatic rings. The molecule has 2 rings (SSSR count). The molecule has 0 saturated heterocycles. The summed E-state index contributed by atoms with van der Waals surface area (Å²) in [5, 5.41) is 17.3. The Morgan fingerprint density at radius 2 is 1.85 bits per heavy atom. The van der Waals surface area contributed by atoms with E-state index in [1.165, 1.54) is 0 Å². The Morgan fingerprint density at radius 3 is 2.48 bits per heavy atom. The van der Waals surface area contributed by atoms with Gasteiger partial charge in [0.1, 0.15) is 5.82 Å². The van der Waals surface area contributed by atoms with Gasteiger partial charge in [0, 0.05) is 19.5 Å². The van der Waals surface area contributed by atoms with Crippen molar-refractivity contribution in [2.24, 2.45) is 4.99 Å². The zero-order valence-corrected chi connectivity index (χ0v) is 19.0. The van der Waals surface area contributed by atoms with Gasteiger partial charge < -0.3 is 20.7 Å². The highest BCUT2D eigenvalue weighted by molar-refractivity contribution is 14.0. The van der Waals surface area contributed by atoms with Crippen LogP contribution < -0.4 is 10.6 Å². The van der Waals surface area contributed by atoms with Gasteiger partial charge in [-0.2, -0.15) is 0 Å². The van der Waals surface area contributed by atoms with Crippen molar-refractivity contribution >= 4 is 41.0 Å². The summed E-state index contributed by atoms with van der Waals surface area (Å²) in [6.45, 7) is 8.18. The Hall–Kier alpha value is -1.35. The normalized spacial score (nSPS) is 12.1. The minimum Gasteiger partial charge on any atom is -0.388 e. The van der Waals surface area contributed by atoms with E-state index >= 15 is 0 Å². The van der Waals surface area contributed by atoms with Gasteiger partial charge in [-0.3, -0.25) is 4.99 Å². The van der Waals surface area contributed by atoms with E-state index in [9.17, 15) is 5.11 Å². The summed E-state index contributed by atoms with van der Waals surface area (Å²) in [4.78, 5) is 12.5. The van der Waals surface area contributed by atoms with Gasteiger partial charge in [-0.25, -0.2) is 4.98 Å². The van der Waals surface area contributed by atoms with Crippen molar-refractivity contribution in [3.63, 3.8) is 0 Å². The molecule has 0 amide bonds. The quantitative estimate of drug-likeness (QED) is 0.234. The molecule has 4 N–H and O–H groups in total. The van der Waals surface area contributed by atoms with Crippen molar-refractivity contribution in [2.75, 3.05) is 19.6 Å². The Bertz CT molecular complexity index is 661. The van der Waals surface area contributed by atoms with Crippen molar-refractivity contribution < 1.29 is 5.11 Å². The van der Waals surface area contributed by atoms with Crippen LogP contribution in [-0.2, 0) is 6.42 Å². The topological polar surface area (TPSA) is 85.3 Å². The fourth-order valence-electron chi connectivity index (χ4n) is 3.21. The highest BCUT2D eigenvalue weighted by Crippen LogP contribution is 2.19. The summed E-state index contributed by atoms with van der Waals surface area (Å²) in [6.07, 6.45) is 4.27. The predicted octanol–water partition coefficient (Wildman–Crippen LogP) is 3.61. The number of rotatable bonds is 10. The van der Waals surface area contributed by atoms with E-state index in [1.54, 1.807) is 0 Å². The lowest BCUT2D eigenvalue weighted by atomic mass is 9.93. The average molecular weight is 487 g/mol. The number of aliphatic imine (C=N–C) groups is 1. The molecule has 27 heavy (non-hydrogen) atoms. The molecule has 0 spiro atoms. The average Bonchev–Trinajstić information content (AvgIpc) is 3.03. The van der Waals surface area contributed by atoms with Gasteiger partial charge in [0.2, 0.25) is 0 Å². The number of fused-ring (bicyclic) bond motifs is 1. The fraction of sp³-hybridized carbons (Fsp3) is 0.600. The predicted molar refractivity (Wildman–Crippen MR) is 124 cm³/mol. The van der Waals surface area contributed by atoms with Crippen molar-refractivity contribution in [1.82, 2.24) is 20.6 Å². The van der Waals surface area contributed by atoms with E-state index in [1.807, 2.05) is 31.2 Å². The minimum absolute atomic E-state index is 0. The number of aromatic amines is 1. The fourth-order valence-corrected chi connectivity index (χ4v) is 3.21. The van der Waals surface area contributed by atoms with Crippen LogP contribution in [0, 0.1) is 0 Å². The van der Waals surface area contributed by atoms with Gasteiger partial charge in [0.25, 0.3) is 0 Å². The van der Waals surface area contributed by atoms with Crippen LogP contribution in [0.2, 0.25) is 0 Å². The molecule has 1 aromatic carbocycles. The van der Waals surface area contributed by atoms with Crippen molar-refractivity contribution in [3.8, 4) is 0 Å². The van der Waals surface area contributed by atoms with Crippen molar-refractivity contribution in [2.45, 2.75) is 58.5 Å². The number of aromatic nitrogens is 2. The standard InChI is InChI=1S/C20H33N5O.HI/c1-4-12-20(26,13-5-2)15-23-19(21-6-3)22-14-11-18-24-16-9-7-8-10-17(16)25-18;/h7-10,26H,4-6,11-15H2,1-3H3,(H,24,25)(H2,21,22,23);1H. The molecule has 2 aromatic rings. The molecule has 0 unspecified atom stereocenters. The number of nitrogens with zero attached hydrogens (tertiary/aromatic N) is 2. The number of benzene rings is 1. The molecule has 7 heteroatoms. The van der Waals surface area contributed by atoms with Gasteiger partial charge >= 0.3 is 0 Å². The van der Waals surface area contributed by atoms with Gasteiger partial charge in [-0.15, -0.1) is 24.0 Å². The summed E-state index contributed by atoms with van der Waals surface area (Å²) in [5.74, 6) is 1.71. The first kappa shape index (κ1) is 23.7. The second kappa shape index (κ2) is 12.2. The zero-order chi connectivity index (χ0) is 18.8. The maximum absolute atomic E-state index is 10.7. The van der Waals surface area contributed by atoms with Crippen LogP contribution >= 0.6 is 24.0 Å². The number of hydrogen-bond acceptors (Lipinski definition) is 3. The van der Waals surface area contributed by atoms with Crippen LogP contribution in [0.3, 0.4) is 0 Å². The summed E-state index contributed by atoms with van der Waals surface area (Å²) in [7, 11) is 0. The number of nitrogens with one attached hydrogen (secondary N) is 3. The third kappa shape index (κ3) is 7.65. The van der Waals surface area contributed by atoms with Crippen LogP contribution in [-0.4, -0.2) is 46.3 Å². The molecule has 1 heterocycles. The number of para-hydroxylation sites is 2. The molecule has 0 aliphatic carbocycles. The van der Waals surface area contributed by atoms with E-state index in [0.717, 1.165) is 68.0 Å². The first-order chi connectivity index (χ1) is 12.6. The molecule has 0 radical (unpaired) electrons. The second-order valence-corrected chi connectivity index (χ2v) is 6.80. The maximum Gasteiger partial charge on any atom is 0.191 e. The Morgan fingerprint density at radius 1 is 1.15 bits per heavy atom. The molecular weight excluding hydrogens is 453 g/mol. The summed E-state index contributed by atoms with van der Waals surface area (Å²) in [5.41, 5.74) is 1.35. The largest absolute Gasteiger partial charge is 0.388 e. The highest BCUT2D eigenvalue weighted by atomic mass is 127. The van der Waals surface area contributed by atoms with Crippen molar-refractivity contribution in [3.05, 3.63) is 30.1 Å². The van der Waals surface area contributed by atoms with Crippen LogP contribution in [0.15, 0.2) is 29.3 Å². The molecule has 6 nitrogen and oxygen atoms in total. The molecular formula is C20H34IN5O. The Labute approximate surface area is 179 Å². The maximum atomic E-state index is 10.7. The van der Waals surface area contributed by atoms with E-state index in [4.69, 9.17) is 0 Å². The number of halogens is 1. The highest BCUT2D eigenvalue weighted by Gasteiger charge is 2.24. The second-order valence-electron chi connectivity index (χ2n) is 6.80. The van der Waals surface area contributed by atoms with Gasteiger partial charge in [-0.1, -0.05) is 38.8 Å². The zero-order valence-electron chi connectivity index (χ0n) is 16.7. The molecule has 152 valence electrons. The monoisotopic (exact) mass is 487 g/mol. The van der Waals surface area contributed by atoms with E-state index in [-0.39, 0.29) is 24.0 Å². The number of H-pyrrole nitrogens is 1. The first-order valence-corrected chi connectivity index (χ1v) is 9.78. The lowest BCUT2D eigenvalue weighted by Crippen LogP contribution is -2.41. The van der Waals surface area contributed by atoms with Crippen LogP contribution in [0.1, 0.15) is 52.3 Å². The SMILES string of the molecule is CCCC(O)(CCC)CN=C(NCC)NCCc1nc2ccccc2[nH]1.I. The van der Waals surface area contributed by atoms with Gasteiger partial charge in [0.05, 0.1) is 23.2 Å². The van der Waals surface area contributed by atoms with E-state index in [2.05, 4.69) is 39.4 Å². The number of guanidine groups is 1. The molecule has 0 atom stereocenters. The number of hydrogen-bond donors (Lipinski definition) is 4. The van der Waals surface area contributed by atoms with E-state index < -0.39 is 5.60 Å². The van der Waals surface area contributed by atoms with Crippen LogP contribution in [0.25, 0.3) is 11.0 Å². The lowest BCUT2D eigenvalue weighted by Gasteiger charge is -2.26. The third-order valence-electron chi connectivity index (χ3n) is 4.40. The number of imidazole rings is 1. The first-order valence-electron chi connectivity index (χ1n) is 9.78. The summed E-state index contributed by atoms with van der Waals surface area (Å²) in [6, 6.07) is 8.05. The third-order valence-corrected chi connectivity index (χ3v) is 4.40. The number of aliphatic hydroxyl groups is 1. The lowest BCUT2D eigenvalue weighted by molar-refractivity contribution is 0.0306. The summed E-state index contributed by atoms with van der Waals surface area (Å²) < 4.78 is 0. The van der Waals surface area contributed by atoms with Gasteiger partial charge in [0.15, 0.2) is 5.96 Å². The Kier molecular flexibility index (Phi) is 10.7. The van der Waals surface area contributed by atoms with Gasteiger partial charge in [-0.05, 0) is 31.9 Å². The smallest absolute Gasteiger partial charge is 0.191 e. The van der Waals surface area contributed by atoms with Crippen molar-refractivity contribution in [1.29, 1.82) is 0 Å². The molecule has 0 aliphatic heterocycles. The summed E-state index contributed by atoms with van der Waals surface area (Å²) >= 11 is 0. The van der Waals surface area contributed by atoms with Crippen LogP contribution in [0.4, 0.5) is 0 Å². The molecule has 0 saturated carbocycles. The molecule has 0 bridgehead atoms. The van der Waals surface area contributed by atoms with E-state index in [0.29, 0.717) is 6.54 Å². The van der Waals surface area contributed by atoms with Crippen LogP contribution in [0.5, 0.6) is 0 Å².